The molecular formula is C24H26O6. The lowest BCUT2D eigenvalue weighted by molar-refractivity contribution is -0.141. The van der Waals surface area contributed by atoms with Gasteiger partial charge in [0.2, 0.25) is 0 Å². The molecule has 158 valence electrons. The first-order valence-electron chi connectivity index (χ1n) is 10.1. The third kappa shape index (κ3) is 4.37. The standard InChI is InChI=1S/C24H26O6/c1-26-22-13-16-5-7-20(22)28-9-3-4-10-29-21-8-6-17(14-23(21)27-2)12-19-18(11-16)15-30-24(19)25/h3-8,13-14,18-19H,9-12,15H2,1-2H3/b4-3-/t18-,19+/m0/s1. The highest BCUT2D eigenvalue weighted by atomic mass is 16.5. The van der Waals surface area contributed by atoms with Crippen LogP contribution in [0, 0.1) is 11.8 Å². The van der Waals surface area contributed by atoms with Crippen LogP contribution < -0.4 is 18.9 Å². The third-order valence-corrected chi connectivity index (χ3v) is 5.56. The SMILES string of the molecule is COc1cc2ccc1OC/C=C\COc1ccc(cc1OC)C[C@H]1C(=O)OC[C@@H]1C2. The van der Waals surface area contributed by atoms with E-state index in [-0.39, 0.29) is 17.8 Å². The maximum Gasteiger partial charge on any atom is 0.309 e. The van der Waals surface area contributed by atoms with Gasteiger partial charge in [-0.25, -0.2) is 0 Å². The molecule has 1 fully saturated rings. The minimum Gasteiger partial charge on any atom is -0.493 e. The van der Waals surface area contributed by atoms with Gasteiger partial charge in [0.1, 0.15) is 13.2 Å². The molecule has 0 N–H and O–H groups in total. The number of carbonyl (C=O) groups excluding carboxylic acids is 1. The van der Waals surface area contributed by atoms with E-state index in [1.165, 1.54) is 0 Å². The van der Waals surface area contributed by atoms with E-state index in [0.717, 1.165) is 17.5 Å². The molecule has 6 heteroatoms. The van der Waals surface area contributed by atoms with Gasteiger partial charge in [0.15, 0.2) is 23.0 Å². The molecule has 30 heavy (non-hydrogen) atoms. The molecule has 2 aromatic rings. The monoisotopic (exact) mass is 410 g/mol. The average Bonchev–Trinajstić information content (AvgIpc) is 3.10. The van der Waals surface area contributed by atoms with Gasteiger partial charge in [-0.2, -0.15) is 0 Å². The summed E-state index contributed by atoms with van der Waals surface area (Å²) < 4.78 is 28.1. The smallest absolute Gasteiger partial charge is 0.309 e. The predicted octanol–water partition coefficient (Wildman–Crippen LogP) is 3.61. The number of cyclic esters (lactones) is 1. The summed E-state index contributed by atoms with van der Waals surface area (Å²) in [5, 5.41) is 0. The highest BCUT2D eigenvalue weighted by molar-refractivity contribution is 5.75. The Hall–Kier alpha value is -3.15. The van der Waals surface area contributed by atoms with Gasteiger partial charge in [-0.3, -0.25) is 4.79 Å². The molecule has 0 unspecified atom stereocenters. The fourth-order valence-corrected chi connectivity index (χ4v) is 3.94. The van der Waals surface area contributed by atoms with Gasteiger partial charge in [0.25, 0.3) is 0 Å². The number of ether oxygens (including phenoxy) is 5. The summed E-state index contributed by atoms with van der Waals surface area (Å²) in [6.45, 7) is 1.22. The summed E-state index contributed by atoms with van der Waals surface area (Å²) in [6.07, 6.45) is 5.13. The van der Waals surface area contributed by atoms with Gasteiger partial charge in [-0.05, 0) is 60.4 Å². The van der Waals surface area contributed by atoms with Crippen molar-refractivity contribution in [1.82, 2.24) is 0 Å². The molecule has 4 bridgehead atoms. The van der Waals surface area contributed by atoms with Crippen LogP contribution in [-0.4, -0.2) is 40.0 Å². The van der Waals surface area contributed by atoms with Crippen LogP contribution in [0.3, 0.4) is 0 Å². The van der Waals surface area contributed by atoms with E-state index >= 15 is 0 Å². The highest BCUT2D eigenvalue weighted by Crippen LogP contribution is 2.35. The Bertz CT molecular complexity index is 935. The Labute approximate surface area is 176 Å². The van der Waals surface area contributed by atoms with Crippen molar-refractivity contribution in [3.05, 3.63) is 59.7 Å². The zero-order valence-corrected chi connectivity index (χ0v) is 17.3. The number of hydrogen-bond acceptors (Lipinski definition) is 6. The van der Waals surface area contributed by atoms with E-state index in [9.17, 15) is 4.79 Å². The number of esters is 1. The molecule has 2 atom stereocenters. The Morgan fingerprint density at radius 2 is 1.37 bits per heavy atom. The van der Waals surface area contributed by atoms with Gasteiger partial charge in [-0.1, -0.05) is 12.1 Å². The molecule has 2 aromatic carbocycles. The van der Waals surface area contributed by atoms with Crippen molar-refractivity contribution in [2.75, 3.05) is 34.0 Å². The molecule has 5 heterocycles. The third-order valence-electron chi connectivity index (χ3n) is 5.56. The first-order chi connectivity index (χ1) is 14.7. The minimum atomic E-state index is -0.204. The molecule has 7 rings (SSSR count). The first kappa shape index (κ1) is 20.1. The molecule has 0 aromatic heterocycles. The van der Waals surface area contributed by atoms with Crippen LogP contribution >= 0.6 is 0 Å². The van der Waals surface area contributed by atoms with Gasteiger partial charge >= 0.3 is 5.97 Å². The fraction of sp³-hybridized carbons (Fsp3) is 0.375. The molecule has 5 aliphatic rings. The Kier molecular flexibility index (Phi) is 6.12. The van der Waals surface area contributed by atoms with Crippen LogP contribution in [0.2, 0.25) is 0 Å². The zero-order chi connectivity index (χ0) is 20.9. The topological polar surface area (TPSA) is 63.2 Å². The molecule has 0 saturated carbocycles. The fourth-order valence-electron chi connectivity index (χ4n) is 3.94. The summed E-state index contributed by atoms with van der Waals surface area (Å²) in [6, 6.07) is 11.7. The van der Waals surface area contributed by atoms with E-state index in [4.69, 9.17) is 23.7 Å². The average molecular weight is 410 g/mol. The van der Waals surface area contributed by atoms with Crippen molar-refractivity contribution in [3.8, 4) is 23.0 Å². The lowest BCUT2D eigenvalue weighted by atomic mass is 9.85. The van der Waals surface area contributed by atoms with Gasteiger partial charge < -0.3 is 23.7 Å². The second-order valence-corrected chi connectivity index (χ2v) is 7.47. The lowest BCUT2D eigenvalue weighted by Crippen LogP contribution is -2.20. The van der Waals surface area contributed by atoms with Crippen LogP contribution in [0.4, 0.5) is 0 Å². The molecule has 0 radical (unpaired) electrons. The summed E-state index contributed by atoms with van der Waals surface area (Å²) in [5.41, 5.74) is 2.11. The normalized spacial score (nSPS) is 22.1. The molecule has 5 aliphatic heterocycles. The summed E-state index contributed by atoms with van der Waals surface area (Å²) in [5.74, 6) is 2.42. The second-order valence-electron chi connectivity index (χ2n) is 7.47. The molecule has 0 spiro atoms. The lowest BCUT2D eigenvalue weighted by Gasteiger charge is -2.18. The highest BCUT2D eigenvalue weighted by Gasteiger charge is 2.37. The van der Waals surface area contributed by atoms with Crippen molar-refractivity contribution in [3.63, 3.8) is 0 Å². The van der Waals surface area contributed by atoms with E-state index < -0.39 is 0 Å². The summed E-state index contributed by atoms with van der Waals surface area (Å²) in [7, 11) is 3.24. The van der Waals surface area contributed by atoms with Crippen LogP contribution in [0.5, 0.6) is 23.0 Å². The zero-order valence-electron chi connectivity index (χ0n) is 17.3. The van der Waals surface area contributed by atoms with E-state index in [0.29, 0.717) is 49.2 Å². The number of benzene rings is 2. The van der Waals surface area contributed by atoms with Crippen molar-refractivity contribution >= 4 is 5.97 Å². The summed E-state index contributed by atoms with van der Waals surface area (Å²) in [4.78, 5) is 12.4. The Morgan fingerprint density at radius 3 is 1.93 bits per heavy atom. The number of methoxy groups -OCH3 is 2. The maximum absolute atomic E-state index is 12.4. The van der Waals surface area contributed by atoms with Crippen molar-refractivity contribution in [2.45, 2.75) is 12.8 Å². The van der Waals surface area contributed by atoms with E-state index in [1.54, 1.807) is 14.2 Å². The predicted molar refractivity (Wildman–Crippen MR) is 111 cm³/mol. The quantitative estimate of drug-likeness (QED) is 0.557. The maximum atomic E-state index is 12.4. The molecular weight excluding hydrogens is 384 g/mol. The molecule has 6 nitrogen and oxygen atoms in total. The molecule has 1 saturated heterocycles. The molecule has 0 aliphatic carbocycles. The Morgan fingerprint density at radius 1 is 0.800 bits per heavy atom. The number of carbonyl (C=O) groups is 1. The van der Waals surface area contributed by atoms with Gasteiger partial charge in [0, 0.05) is 5.92 Å². The van der Waals surface area contributed by atoms with Crippen LogP contribution in [0.25, 0.3) is 0 Å². The van der Waals surface area contributed by atoms with Crippen LogP contribution in [0.1, 0.15) is 11.1 Å². The van der Waals surface area contributed by atoms with Gasteiger partial charge in [0.05, 0.1) is 26.7 Å². The van der Waals surface area contributed by atoms with Crippen LogP contribution in [-0.2, 0) is 22.4 Å². The van der Waals surface area contributed by atoms with Gasteiger partial charge in [-0.15, -0.1) is 0 Å². The number of hydrogen-bond donors (Lipinski definition) is 0. The summed E-state index contributed by atoms with van der Waals surface area (Å²) >= 11 is 0. The minimum absolute atomic E-state index is 0.0951. The Balaban J connectivity index is 1.66. The van der Waals surface area contributed by atoms with Crippen molar-refractivity contribution < 1.29 is 28.5 Å². The van der Waals surface area contributed by atoms with E-state index in [1.807, 2.05) is 48.6 Å². The second kappa shape index (κ2) is 9.11. The van der Waals surface area contributed by atoms with Crippen LogP contribution in [0.15, 0.2) is 48.6 Å². The first-order valence-corrected chi connectivity index (χ1v) is 10.1. The molecule has 0 amide bonds. The largest absolute Gasteiger partial charge is 0.493 e. The number of rotatable bonds is 2. The van der Waals surface area contributed by atoms with Crippen molar-refractivity contribution in [2.24, 2.45) is 11.8 Å². The van der Waals surface area contributed by atoms with E-state index in [2.05, 4.69) is 0 Å². The van der Waals surface area contributed by atoms with Crippen molar-refractivity contribution in [1.29, 1.82) is 0 Å².